The summed E-state index contributed by atoms with van der Waals surface area (Å²) < 4.78 is 41.8. The number of alkyl halides is 3. The van der Waals surface area contributed by atoms with Crippen LogP contribution in [0.5, 0.6) is 5.88 Å². The lowest BCUT2D eigenvalue weighted by atomic mass is 10.3. The maximum Gasteiger partial charge on any atom is 0.422 e. The molecule has 1 aromatic rings. The van der Waals surface area contributed by atoms with Crippen molar-refractivity contribution < 1.29 is 27.6 Å². The highest BCUT2D eigenvalue weighted by molar-refractivity contribution is 5.91. The summed E-state index contributed by atoms with van der Waals surface area (Å²) in [5, 5.41) is 13.5. The van der Waals surface area contributed by atoms with Crippen LogP contribution < -0.4 is 15.0 Å². The smallest absolute Gasteiger partial charge is 0.422 e. The van der Waals surface area contributed by atoms with Crippen molar-refractivity contribution in [3.05, 3.63) is 16.2 Å². The van der Waals surface area contributed by atoms with Gasteiger partial charge in [0.25, 0.3) is 0 Å². The Labute approximate surface area is 134 Å². The molecule has 11 heteroatoms. The molecule has 8 nitrogen and oxygen atoms in total. The SMILES string of the molecule is CC(=O)Nc1cc([N+](=O)[O-])c(N2CCCC2)nc1OCC(F)(F)F. The average molecular weight is 348 g/mol. The number of anilines is 2. The van der Waals surface area contributed by atoms with E-state index in [1.807, 2.05) is 0 Å². The van der Waals surface area contributed by atoms with Crippen molar-refractivity contribution in [2.45, 2.75) is 25.9 Å². The minimum atomic E-state index is -4.61. The monoisotopic (exact) mass is 348 g/mol. The summed E-state index contributed by atoms with van der Waals surface area (Å²) in [5.74, 6) is -1.18. The number of amides is 1. The molecule has 0 unspecified atom stereocenters. The number of hydrogen-bond donors (Lipinski definition) is 1. The van der Waals surface area contributed by atoms with Gasteiger partial charge in [0, 0.05) is 26.1 Å². The molecule has 2 heterocycles. The number of pyridine rings is 1. The Morgan fingerprint density at radius 2 is 2.08 bits per heavy atom. The Morgan fingerprint density at radius 3 is 2.58 bits per heavy atom. The average Bonchev–Trinajstić information content (AvgIpc) is 2.97. The van der Waals surface area contributed by atoms with E-state index in [0.29, 0.717) is 13.1 Å². The Kier molecular flexibility index (Phi) is 5.10. The van der Waals surface area contributed by atoms with E-state index >= 15 is 0 Å². The van der Waals surface area contributed by atoms with Gasteiger partial charge in [0.1, 0.15) is 5.69 Å². The summed E-state index contributed by atoms with van der Waals surface area (Å²) in [5.41, 5.74) is -0.679. The van der Waals surface area contributed by atoms with Crippen LogP contribution in [0.3, 0.4) is 0 Å². The number of carbonyl (C=O) groups is 1. The predicted octanol–water partition coefficient (Wildman–Crippen LogP) is 2.49. The third kappa shape index (κ3) is 4.46. The quantitative estimate of drug-likeness (QED) is 0.648. The third-order valence-electron chi connectivity index (χ3n) is 3.23. The van der Waals surface area contributed by atoms with Crippen molar-refractivity contribution in [3.63, 3.8) is 0 Å². The van der Waals surface area contributed by atoms with Crippen LogP contribution in [0.25, 0.3) is 0 Å². The van der Waals surface area contributed by atoms with Gasteiger partial charge < -0.3 is 15.0 Å². The van der Waals surface area contributed by atoms with Crippen LogP contribution >= 0.6 is 0 Å². The third-order valence-corrected chi connectivity index (χ3v) is 3.23. The van der Waals surface area contributed by atoms with E-state index in [0.717, 1.165) is 25.8 Å². The molecule has 1 saturated heterocycles. The Morgan fingerprint density at radius 1 is 1.46 bits per heavy atom. The molecule has 1 fully saturated rings. The molecule has 24 heavy (non-hydrogen) atoms. The normalized spacial score (nSPS) is 14.6. The van der Waals surface area contributed by atoms with Crippen molar-refractivity contribution in [1.29, 1.82) is 0 Å². The van der Waals surface area contributed by atoms with Crippen molar-refractivity contribution in [2.24, 2.45) is 0 Å². The van der Waals surface area contributed by atoms with E-state index in [9.17, 15) is 28.1 Å². The van der Waals surface area contributed by atoms with Crippen molar-refractivity contribution in [1.82, 2.24) is 4.98 Å². The van der Waals surface area contributed by atoms with Gasteiger partial charge in [-0.2, -0.15) is 18.2 Å². The van der Waals surface area contributed by atoms with Crippen LogP contribution in [-0.2, 0) is 4.79 Å². The fraction of sp³-hybridized carbons (Fsp3) is 0.538. The molecule has 1 aliphatic heterocycles. The summed E-state index contributed by atoms with van der Waals surface area (Å²) in [6, 6.07) is 0.966. The number of hydrogen-bond acceptors (Lipinski definition) is 6. The van der Waals surface area contributed by atoms with Crippen LogP contribution in [0.4, 0.5) is 30.4 Å². The van der Waals surface area contributed by atoms with E-state index < -0.39 is 35.2 Å². The van der Waals surface area contributed by atoms with Crippen LogP contribution in [-0.4, -0.2) is 41.7 Å². The van der Waals surface area contributed by atoms with Gasteiger partial charge in [0.15, 0.2) is 6.61 Å². The van der Waals surface area contributed by atoms with Gasteiger partial charge in [0.05, 0.1) is 4.92 Å². The molecule has 0 radical (unpaired) electrons. The second kappa shape index (κ2) is 6.89. The van der Waals surface area contributed by atoms with Crippen molar-refractivity contribution in [3.8, 4) is 5.88 Å². The number of rotatable bonds is 5. The zero-order valence-corrected chi connectivity index (χ0v) is 12.7. The number of aromatic nitrogens is 1. The first-order valence-corrected chi connectivity index (χ1v) is 7.09. The fourth-order valence-electron chi connectivity index (χ4n) is 2.31. The number of ether oxygens (including phenoxy) is 1. The number of nitrogens with one attached hydrogen (secondary N) is 1. The van der Waals surface area contributed by atoms with Crippen molar-refractivity contribution >= 4 is 23.1 Å². The molecule has 1 amide bonds. The fourth-order valence-corrected chi connectivity index (χ4v) is 2.31. The zero-order valence-electron chi connectivity index (χ0n) is 12.7. The second-order valence-corrected chi connectivity index (χ2v) is 5.22. The van der Waals surface area contributed by atoms with Gasteiger partial charge in [-0.1, -0.05) is 0 Å². The molecule has 0 bridgehead atoms. The Bertz CT molecular complexity index is 645. The zero-order chi connectivity index (χ0) is 17.9. The molecule has 0 aromatic carbocycles. The van der Waals surface area contributed by atoms with Crippen LogP contribution in [0, 0.1) is 10.1 Å². The summed E-state index contributed by atoms with van der Waals surface area (Å²) in [6.07, 6.45) is -3.01. The van der Waals surface area contributed by atoms with Crippen LogP contribution in [0.1, 0.15) is 19.8 Å². The summed E-state index contributed by atoms with van der Waals surface area (Å²) >= 11 is 0. The minimum absolute atomic E-state index is 0.0659. The maximum atomic E-state index is 12.4. The molecule has 0 aliphatic carbocycles. The Balaban J connectivity index is 2.45. The molecule has 2 rings (SSSR count). The van der Waals surface area contributed by atoms with Gasteiger partial charge in [-0.3, -0.25) is 14.9 Å². The summed E-state index contributed by atoms with van der Waals surface area (Å²) in [6.45, 7) is 0.510. The second-order valence-electron chi connectivity index (χ2n) is 5.22. The molecular weight excluding hydrogens is 333 g/mol. The molecule has 0 saturated carbocycles. The lowest BCUT2D eigenvalue weighted by Gasteiger charge is -2.19. The molecule has 0 spiro atoms. The summed E-state index contributed by atoms with van der Waals surface area (Å²) in [4.78, 5) is 27.2. The van der Waals surface area contributed by atoms with Gasteiger partial charge in [-0.05, 0) is 12.8 Å². The highest BCUT2D eigenvalue weighted by Gasteiger charge is 2.31. The van der Waals surface area contributed by atoms with E-state index in [4.69, 9.17) is 0 Å². The molecule has 0 atom stereocenters. The molecule has 1 N–H and O–H groups in total. The summed E-state index contributed by atoms with van der Waals surface area (Å²) in [7, 11) is 0. The van der Waals surface area contributed by atoms with Gasteiger partial charge in [0.2, 0.25) is 17.6 Å². The molecule has 1 aliphatic rings. The minimum Gasteiger partial charge on any atom is -0.466 e. The predicted molar refractivity (Wildman–Crippen MR) is 78.2 cm³/mol. The number of nitrogens with zero attached hydrogens (tertiary/aromatic N) is 3. The van der Waals surface area contributed by atoms with Crippen molar-refractivity contribution in [2.75, 3.05) is 29.9 Å². The number of carbonyl (C=O) groups excluding carboxylic acids is 1. The first-order valence-electron chi connectivity index (χ1n) is 7.09. The first-order chi connectivity index (χ1) is 11.2. The Hall–Kier alpha value is -2.59. The van der Waals surface area contributed by atoms with Gasteiger partial charge >= 0.3 is 11.9 Å². The van der Waals surface area contributed by atoms with E-state index in [1.165, 1.54) is 0 Å². The molecule has 132 valence electrons. The van der Waals surface area contributed by atoms with Gasteiger partial charge in [-0.25, -0.2) is 0 Å². The van der Waals surface area contributed by atoms with Gasteiger partial charge in [-0.15, -0.1) is 0 Å². The first kappa shape index (κ1) is 17.8. The van der Waals surface area contributed by atoms with Crippen LogP contribution in [0.2, 0.25) is 0 Å². The maximum absolute atomic E-state index is 12.4. The number of nitro groups is 1. The lowest BCUT2D eigenvalue weighted by Crippen LogP contribution is -2.23. The highest BCUT2D eigenvalue weighted by atomic mass is 19.4. The van der Waals surface area contributed by atoms with E-state index in [-0.39, 0.29) is 11.5 Å². The lowest BCUT2D eigenvalue weighted by molar-refractivity contribution is -0.384. The van der Waals surface area contributed by atoms with E-state index in [2.05, 4.69) is 15.0 Å². The molecule has 1 aromatic heterocycles. The highest BCUT2D eigenvalue weighted by Crippen LogP contribution is 2.36. The molecular formula is C13H15F3N4O4. The van der Waals surface area contributed by atoms with E-state index in [1.54, 1.807) is 4.90 Å². The van der Waals surface area contributed by atoms with Crippen LogP contribution in [0.15, 0.2) is 6.07 Å². The largest absolute Gasteiger partial charge is 0.466 e. The topological polar surface area (TPSA) is 97.6 Å². The number of halogens is 3. The standard InChI is InChI=1S/C13H15F3N4O4/c1-8(21)17-9-6-10(20(22)23)11(19-4-2-3-5-19)18-12(9)24-7-13(14,15)16/h6H,2-5,7H2,1H3,(H,17,21).